The third kappa shape index (κ3) is 5.06. The van der Waals surface area contributed by atoms with Crippen molar-refractivity contribution in [2.24, 2.45) is 10.9 Å². The summed E-state index contributed by atoms with van der Waals surface area (Å²) in [5, 5.41) is 1.38. The van der Waals surface area contributed by atoms with Gasteiger partial charge in [-0.05, 0) is 65.1 Å². The maximum Gasteiger partial charge on any atom is 0.266 e. The summed E-state index contributed by atoms with van der Waals surface area (Å²) < 4.78 is 0. The van der Waals surface area contributed by atoms with Gasteiger partial charge in [0.2, 0.25) is 0 Å². The minimum atomic E-state index is 0.0133. The number of nitrogens with zero attached hydrogens (tertiary/aromatic N) is 2. The van der Waals surface area contributed by atoms with Crippen molar-refractivity contribution in [3.05, 3.63) is 69.6 Å². The average Bonchev–Trinajstić information content (AvgIpc) is 2.92. The largest absolute Gasteiger partial charge is 0.286 e. The molecule has 1 saturated heterocycles. The predicted molar refractivity (Wildman–Crippen MR) is 121 cm³/mol. The van der Waals surface area contributed by atoms with Crippen LogP contribution in [0.1, 0.15) is 44.7 Å². The highest BCUT2D eigenvalue weighted by Crippen LogP contribution is 2.35. The average molecular weight is 413 g/mol. The lowest BCUT2D eigenvalue weighted by Crippen LogP contribution is -2.32. The Hall–Kier alpha value is -2.04. The molecule has 28 heavy (non-hydrogen) atoms. The van der Waals surface area contributed by atoms with Gasteiger partial charge < -0.3 is 0 Å². The van der Waals surface area contributed by atoms with Gasteiger partial charge in [-0.15, -0.1) is 0 Å². The van der Waals surface area contributed by atoms with Crippen LogP contribution in [0.2, 0.25) is 5.02 Å². The first-order valence-electron chi connectivity index (χ1n) is 9.49. The van der Waals surface area contributed by atoms with Crippen LogP contribution in [0.25, 0.3) is 6.08 Å². The molecular weight excluding hydrogens is 388 g/mol. The number of amides is 1. The van der Waals surface area contributed by atoms with Crippen molar-refractivity contribution < 1.29 is 4.79 Å². The third-order valence-electron chi connectivity index (χ3n) is 4.39. The van der Waals surface area contributed by atoms with Crippen LogP contribution in [0.15, 0.2) is 58.4 Å². The van der Waals surface area contributed by atoms with E-state index in [9.17, 15) is 4.79 Å². The molecule has 0 aromatic heterocycles. The summed E-state index contributed by atoms with van der Waals surface area (Å²) in [4.78, 5) is 20.2. The lowest BCUT2D eigenvalue weighted by atomic mass is 10.0. The number of hydrogen-bond donors (Lipinski definition) is 0. The number of benzene rings is 2. The van der Waals surface area contributed by atoms with Gasteiger partial charge in [0, 0.05) is 11.6 Å². The van der Waals surface area contributed by atoms with E-state index in [0.717, 1.165) is 11.3 Å². The number of halogens is 1. The second-order valence-electron chi connectivity index (χ2n) is 7.61. The Morgan fingerprint density at radius 1 is 1.04 bits per heavy atom. The smallest absolute Gasteiger partial charge is 0.266 e. The lowest BCUT2D eigenvalue weighted by molar-refractivity contribution is -0.122. The van der Waals surface area contributed by atoms with Crippen molar-refractivity contribution in [1.29, 1.82) is 0 Å². The molecule has 1 heterocycles. The maximum absolute atomic E-state index is 13.0. The van der Waals surface area contributed by atoms with E-state index in [1.54, 1.807) is 4.90 Å². The van der Waals surface area contributed by atoms with Crippen LogP contribution in [-0.2, 0) is 4.79 Å². The SMILES string of the molecule is CC(C)CN1C(=O)/C(=C/c2ccc(C(C)C)cc2)SC1=Nc1ccc(Cl)cc1. The van der Waals surface area contributed by atoms with Crippen LogP contribution in [0, 0.1) is 5.92 Å². The zero-order valence-corrected chi connectivity index (χ0v) is 18.2. The first kappa shape index (κ1) is 20.7. The van der Waals surface area contributed by atoms with Gasteiger partial charge in [-0.25, -0.2) is 4.99 Å². The quantitative estimate of drug-likeness (QED) is 0.510. The van der Waals surface area contributed by atoms with Gasteiger partial charge in [-0.1, -0.05) is 63.6 Å². The molecule has 0 atom stereocenters. The molecule has 0 radical (unpaired) electrons. The molecule has 0 aliphatic carbocycles. The fourth-order valence-electron chi connectivity index (χ4n) is 2.87. The Morgan fingerprint density at radius 2 is 1.68 bits per heavy atom. The fourth-order valence-corrected chi connectivity index (χ4v) is 4.01. The van der Waals surface area contributed by atoms with E-state index in [1.807, 2.05) is 30.3 Å². The summed E-state index contributed by atoms with van der Waals surface area (Å²) in [7, 11) is 0. The van der Waals surface area contributed by atoms with Gasteiger partial charge in [-0.2, -0.15) is 0 Å². The number of aliphatic imine (C=N–C) groups is 1. The molecule has 0 N–H and O–H groups in total. The van der Waals surface area contributed by atoms with Crippen molar-refractivity contribution in [1.82, 2.24) is 4.90 Å². The van der Waals surface area contributed by atoms with E-state index in [-0.39, 0.29) is 5.91 Å². The predicted octanol–water partition coefficient (Wildman–Crippen LogP) is 6.72. The number of thioether (sulfide) groups is 1. The van der Waals surface area contributed by atoms with Crippen LogP contribution in [0.4, 0.5) is 5.69 Å². The van der Waals surface area contributed by atoms with Crippen LogP contribution in [0.5, 0.6) is 0 Å². The molecule has 0 bridgehead atoms. The topological polar surface area (TPSA) is 32.7 Å². The summed E-state index contributed by atoms with van der Waals surface area (Å²) in [6.45, 7) is 9.19. The van der Waals surface area contributed by atoms with Crippen LogP contribution in [-0.4, -0.2) is 22.5 Å². The van der Waals surface area contributed by atoms with E-state index in [0.29, 0.717) is 33.5 Å². The van der Waals surface area contributed by atoms with Crippen molar-refractivity contribution in [2.45, 2.75) is 33.6 Å². The van der Waals surface area contributed by atoms with Crippen molar-refractivity contribution in [2.75, 3.05) is 6.54 Å². The lowest BCUT2D eigenvalue weighted by Gasteiger charge is -2.17. The Morgan fingerprint density at radius 3 is 2.25 bits per heavy atom. The Labute approximate surface area is 176 Å². The Bertz CT molecular complexity index is 899. The summed E-state index contributed by atoms with van der Waals surface area (Å²) >= 11 is 7.39. The van der Waals surface area contributed by atoms with Gasteiger partial charge >= 0.3 is 0 Å². The zero-order chi connectivity index (χ0) is 20.3. The number of rotatable bonds is 5. The highest BCUT2D eigenvalue weighted by atomic mass is 35.5. The first-order valence-corrected chi connectivity index (χ1v) is 10.7. The summed E-state index contributed by atoms with van der Waals surface area (Å²) in [5.74, 6) is 0.854. The minimum Gasteiger partial charge on any atom is -0.286 e. The first-order chi connectivity index (χ1) is 13.3. The van der Waals surface area contributed by atoms with E-state index < -0.39 is 0 Å². The van der Waals surface area contributed by atoms with E-state index >= 15 is 0 Å². The monoisotopic (exact) mass is 412 g/mol. The molecular formula is C23H25ClN2OS. The molecule has 3 rings (SSSR count). The Balaban J connectivity index is 1.91. The summed E-state index contributed by atoms with van der Waals surface area (Å²) in [6.07, 6.45) is 1.95. The molecule has 1 amide bonds. The molecule has 3 nitrogen and oxygen atoms in total. The summed E-state index contributed by atoms with van der Waals surface area (Å²) in [6, 6.07) is 15.7. The highest BCUT2D eigenvalue weighted by Gasteiger charge is 2.33. The van der Waals surface area contributed by atoms with Gasteiger partial charge in [0.05, 0.1) is 10.6 Å². The second-order valence-corrected chi connectivity index (χ2v) is 9.06. The molecule has 0 unspecified atom stereocenters. The van der Waals surface area contributed by atoms with Crippen LogP contribution >= 0.6 is 23.4 Å². The molecule has 2 aromatic carbocycles. The molecule has 1 aliphatic heterocycles. The molecule has 2 aromatic rings. The van der Waals surface area contributed by atoms with Crippen molar-refractivity contribution >= 4 is 46.2 Å². The number of hydrogen-bond acceptors (Lipinski definition) is 3. The number of carbonyl (C=O) groups excluding carboxylic acids is 1. The fraction of sp³-hybridized carbons (Fsp3) is 0.304. The second kappa shape index (κ2) is 8.97. The molecule has 0 saturated carbocycles. The molecule has 1 fully saturated rings. The van der Waals surface area contributed by atoms with Crippen LogP contribution < -0.4 is 0 Å². The summed E-state index contributed by atoms with van der Waals surface area (Å²) in [5.41, 5.74) is 3.10. The zero-order valence-electron chi connectivity index (χ0n) is 16.6. The van der Waals surface area contributed by atoms with Crippen molar-refractivity contribution in [3.63, 3.8) is 0 Å². The van der Waals surface area contributed by atoms with Gasteiger partial charge in [-0.3, -0.25) is 9.69 Å². The van der Waals surface area contributed by atoms with E-state index in [2.05, 4.69) is 52.0 Å². The Kier molecular flexibility index (Phi) is 6.63. The maximum atomic E-state index is 13.0. The van der Waals surface area contributed by atoms with Crippen LogP contribution in [0.3, 0.4) is 0 Å². The number of carbonyl (C=O) groups is 1. The molecule has 0 spiro atoms. The normalized spacial score (nSPS) is 17.5. The molecule has 1 aliphatic rings. The standard InChI is InChI=1S/C23H25ClN2OS/c1-15(2)14-26-22(27)21(13-17-5-7-18(8-6-17)16(3)4)28-23(26)25-20-11-9-19(24)10-12-20/h5-13,15-16H,14H2,1-4H3/b21-13-,25-23?. The van der Waals surface area contributed by atoms with Crippen molar-refractivity contribution in [3.8, 4) is 0 Å². The third-order valence-corrected chi connectivity index (χ3v) is 5.65. The number of amidine groups is 1. The van der Waals surface area contributed by atoms with Gasteiger partial charge in [0.1, 0.15) is 0 Å². The minimum absolute atomic E-state index is 0.0133. The van der Waals surface area contributed by atoms with Gasteiger partial charge in [0.15, 0.2) is 5.17 Å². The van der Waals surface area contributed by atoms with Gasteiger partial charge in [0.25, 0.3) is 5.91 Å². The molecule has 5 heteroatoms. The van der Waals surface area contributed by atoms with E-state index in [4.69, 9.17) is 16.6 Å². The van der Waals surface area contributed by atoms with E-state index in [1.165, 1.54) is 17.3 Å². The molecule has 146 valence electrons. The highest BCUT2D eigenvalue weighted by molar-refractivity contribution is 8.18.